The van der Waals surface area contributed by atoms with Crippen LogP contribution >= 0.6 is 0 Å². The van der Waals surface area contributed by atoms with Crippen LogP contribution in [0.4, 0.5) is 17.1 Å². The summed E-state index contributed by atoms with van der Waals surface area (Å²) in [6.07, 6.45) is 0. The molecule has 1 aliphatic heterocycles. The van der Waals surface area contributed by atoms with Gasteiger partial charge in [-0.2, -0.15) is 0 Å². The van der Waals surface area contributed by atoms with Crippen molar-refractivity contribution in [1.82, 2.24) is 9.55 Å². The molecule has 272 valence electrons. The second kappa shape index (κ2) is 14.1. The molecule has 0 saturated heterocycles. The van der Waals surface area contributed by atoms with E-state index in [1.807, 2.05) is 0 Å². The second-order valence-corrected chi connectivity index (χ2v) is 14.8. The van der Waals surface area contributed by atoms with Gasteiger partial charge >= 0.3 is 0 Å². The minimum atomic E-state index is 0.930. The lowest BCUT2D eigenvalue weighted by Gasteiger charge is -2.26. The van der Waals surface area contributed by atoms with Gasteiger partial charge in [0.25, 0.3) is 0 Å². The number of para-hydroxylation sites is 2. The number of imidazole rings is 1. The fraction of sp³-hybridized carbons (Fsp3) is 0. The highest BCUT2D eigenvalue weighted by Gasteiger charge is 2.25. The fourth-order valence-electron chi connectivity index (χ4n) is 8.60. The van der Waals surface area contributed by atoms with E-state index in [1.54, 1.807) is 0 Å². The molecule has 9 aromatic carbocycles. The lowest BCUT2D eigenvalue weighted by molar-refractivity contribution is 1.11. The molecule has 0 radical (unpaired) electrons. The van der Waals surface area contributed by atoms with E-state index in [-0.39, 0.29) is 0 Å². The first-order valence-electron chi connectivity index (χ1n) is 19.8. The minimum absolute atomic E-state index is 0.930. The number of hydrogen-bond acceptors (Lipinski definition) is 2. The molecule has 0 unspecified atom stereocenters. The van der Waals surface area contributed by atoms with Crippen LogP contribution in [0.2, 0.25) is 0 Å². The molecule has 0 amide bonds. The SMILES string of the molecule is c1ccc(-c2ccc(N(c3ccc(-c4ccccc4)cc3)c3cccc(-c4cccc(-c5nc6cccc7c6n5-c5ccccc5-c5ccccc5-7)c4)c3)cc2)cc1. The largest absolute Gasteiger partial charge is 0.310 e. The molecule has 11 rings (SSSR count). The Kier molecular flexibility index (Phi) is 8.15. The topological polar surface area (TPSA) is 21.1 Å². The third-order valence-electron chi connectivity index (χ3n) is 11.4. The zero-order valence-electron chi connectivity index (χ0n) is 31.7. The Morgan fingerprint density at radius 1 is 0.310 bits per heavy atom. The Morgan fingerprint density at radius 2 is 0.776 bits per heavy atom. The third kappa shape index (κ3) is 5.80. The predicted octanol–water partition coefficient (Wildman–Crippen LogP) is 14.8. The summed E-state index contributed by atoms with van der Waals surface area (Å²) in [6.45, 7) is 0. The van der Waals surface area contributed by atoms with Crippen molar-refractivity contribution in [2.75, 3.05) is 4.90 Å². The molecule has 3 heteroatoms. The molecular weight excluding hydrogens is 703 g/mol. The molecule has 58 heavy (non-hydrogen) atoms. The van der Waals surface area contributed by atoms with Crippen LogP contribution in [0.15, 0.2) is 224 Å². The maximum atomic E-state index is 5.34. The van der Waals surface area contributed by atoms with Gasteiger partial charge in [0.2, 0.25) is 0 Å². The number of aromatic nitrogens is 2. The van der Waals surface area contributed by atoms with Crippen LogP contribution in [-0.2, 0) is 0 Å². The summed E-state index contributed by atoms with van der Waals surface area (Å²) in [6, 6.07) is 80.5. The summed E-state index contributed by atoms with van der Waals surface area (Å²) >= 11 is 0. The Labute approximate surface area is 338 Å². The van der Waals surface area contributed by atoms with Crippen molar-refractivity contribution >= 4 is 28.1 Å². The molecular formula is C55H37N3. The summed E-state index contributed by atoms with van der Waals surface area (Å²) in [5.41, 5.74) is 19.5. The predicted molar refractivity (Wildman–Crippen MR) is 242 cm³/mol. The Balaban J connectivity index is 1.02. The molecule has 0 spiro atoms. The Hall–Kier alpha value is -7.75. The van der Waals surface area contributed by atoms with Crippen LogP contribution in [-0.4, -0.2) is 9.55 Å². The average Bonchev–Trinajstić information content (AvgIpc) is 3.65. The fourth-order valence-corrected chi connectivity index (χ4v) is 8.60. The van der Waals surface area contributed by atoms with Gasteiger partial charge in [0.05, 0.1) is 16.7 Å². The summed E-state index contributed by atoms with van der Waals surface area (Å²) in [4.78, 5) is 7.69. The molecule has 0 N–H and O–H groups in total. The molecule has 1 aromatic heterocycles. The van der Waals surface area contributed by atoms with Gasteiger partial charge in [-0.1, -0.05) is 170 Å². The zero-order valence-corrected chi connectivity index (χ0v) is 31.7. The van der Waals surface area contributed by atoms with Crippen molar-refractivity contribution in [3.63, 3.8) is 0 Å². The van der Waals surface area contributed by atoms with Gasteiger partial charge in [-0.25, -0.2) is 4.98 Å². The van der Waals surface area contributed by atoms with E-state index in [9.17, 15) is 0 Å². The van der Waals surface area contributed by atoms with Crippen molar-refractivity contribution in [3.05, 3.63) is 224 Å². The number of rotatable bonds is 7. The van der Waals surface area contributed by atoms with Gasteiger partial charge in [0, 0.05) is 33.8 Å². The standard InChI is InChI=1S/C55H37N3/c1-3-14-38(15-4-1)40-28-32-45(33-29-40)57(46-34-30-41(31-35-46)39-16-5-2-6-17-39)47-21-12-19-43(37-47)42-18-11-20-44(36-42)55-56-52-26-13-25-51-49-23-8-7-22-48(49)50-24-9-10-27-53(50)58(55)54(51)52/h1-37H. The third-order valence-corrected chi connectivity index (χ3v) is 11.4. The van der Waals surface area contributed by atoms with Crippen LogP contribution in [0.5, 0.6) is 0 Å². The highest BCUT2D eigenvalue weighted by atomic mass is 15.1. The lowest BCUT2D eigenvalue weighted by atomic mass is 9.94. The molecule has 0 atom stereocenters. The summed E-state index contributed by atoms with van der Waals surface area (Å²) < 4.78 is 2.37. The second-order valence-electron chi connectivity index (χ2n) is 14.8. The van der Waals surface area contributed by atoms with Crippen molar-refractivity contribution in [2.24, 2.45) is 0 Å². The number of hydrogen-bond donors (Lipinski definition) is 0. The highest BCUT2D eigenvalue weighted by molar-refractivity contribution is 6.03. The smallest absolute Gasteiger partial charge is 0.145 e. The van der Waals surface area contributed by atoms with E-state index >= 15 is 0 Å². The van der Waals surface area contributed by atoms with Gasteiger partial charge in [0.15, 0.2) is 0 Å². The Bertz CT molecular complexity index is 3010. The van der Waals surface area contributed by atoms with E-state index in [0.717, 1.165) is 56.3 Å². The van der Waals surface area contributed by atoms with Gasteiger partial charge < -0.3 is 4.90 Å². The quantitative estimate of drug-likeness (QED) is 0.162. The first-order valence-corrected chi connectivity index (χ1v) is 19.8. The van der Waals surface area contributed by atoms with Gasteiger partial charge in [-0.15, -0.1) is 0 Å². The molecule has 1 aliphatic rings. The monoisotopic (exact) mass is 739 g/mol. The van der Waals surface area contributed by atoms with E-state index < -0.39 is 0 Å². The van der Waals surface area contributed by atoms with E-state index in [4.69, 9.17) is 4.98 Å². The summed E-state index contributed by atoms with van der Waals surface area (Å²) in [7, 11) is 0. The van der Waals surface area contributed by atoms with Crippen LogP contribution < -0.4 is 4.90 Å². The van der Waals surface area contributed by atoms with Crippen LogP contribution in [0.3, 0.4) is 0 Å². The minimum Gasteiger partial charge on any atom is -0.310 e. The number of anilines is 3. The molecule has 3 nitrogen and oxygen atoms in total. The van der Waals surface area contributed by atoms with Crippen molar-refractivity contribution in [3.8, 4) is 72.7 Å². The zero-order chi connectivity index (χ0) is 38.4. The molecule has 2 heterocycles. The Morgan fingerprint density at radius 3 is 1.43 bits per heavy atom. The number of benzene rings is 9. The molecule has 0 aliphatic carbocycles. The van der Waals surface area contributed by atoms with Crippen LogP contribution in [0, 0.1) is 0 Å². The molecule has 10 aromatic rings. The first kappa shape index (κ1) is 33.6. The van der Waals surface area contributed by atoms with E-state index in [0.29, 0.717) is 0 Å². The molecule has 0 fully saturated rings. The number of fused-ring (bicyclic) bond motifs is 5. The van der Waals surface area contributed by atoms with Crippen molar-refractivity contribution < 1.29 is 0 Å². The average molecular weight is 740 g/mol. The van der Waals surface area contributed by atoms with Gasteiger partial charge in [-0.3, -0.25) is 4.57 Å². The van der Waals surface area contributed by atoms with Crippen LogP contribution in [0.1, 0.15) is 0 Å². The maximum Gasteiger partial charge on any atom is 0.145 e. The number of nitrogens with zero attached hydrogens (tertiary/aromatic N) is 3. The van der Waals surface area contributed by atoms with E-state index in [2.05, 4.69) is 234 Å². The van der Waals surface area contributed by atoms with E-state index in [1.165, 1.54) is 44.5 Å². The summed E-state index contributed by atoms with van der Waals surface area (Å²) in [5, 5.41) is 0. The molecule has 0 bridgehead atoms. The first-order chi connectivity index (χ1) is 28.8. The molecule has 0 saturated carbocycles. The summed E-state index contributed by atoms with van der Waals surface area (Å²) in [5.74, 6) is 0.930. The van der Waals surface area contributed by atoms with Crippen molar-refractivity contribution in [2.45, 2.75) is 0 Å². The normalized spacial score (nSPS) is 11.4. The van der Waals surface area contributed by atoms with Gasteiger partial charge in [-0.05, 0) is 99.1 Å². The van der Waals surface area contributed by atoms with Gasteiger partial charge in [0.1, 0.15) is 5.82 Å². The van der Waals surface area contributed by atoms with Crippen LogP contribution in [0.25, 0.3) is 83.7 Å². The highest BCUT2D eigenvalue weighted by Crippen LogP contribution is 2.45. The maximum absolute atomic E-state index is 5.34. The lowest BCUT2D eigenvalue weighted by Crippen LogP contribution is -2.10. The van der Waals surface area contributed by atoms with Crippen molar-refractivity contribution in [1.29, 1.82) is 0 Å².